The van der Waals surface area contributed by atoms with Crippen LogP contribution in [-0.2, 0) is 14.4 Å². The van der Waals surface area contributed by atoms with Crippen LogP contribution in [0.1, 0.15) is 53.4 Å². The third-order valence-corrected chi connectivity index (χ3v) is 2.67. The molecule has 0 heterocycles. The number of rotatable bonds is 7. The predicted molar refractivity (Wildman–Crippen MR) is 77.1 cm³/mol. The summed E-state index contributed by atoms with van der Waals surface area (Å²) >= 11 is 0. The van der Waals surface area contributed by atoms with E-state index in [2.05, 4.69) is 12.2 Å². The molecule has 0 spiro atoms. The molecule has 1 atom stereocenters. The van der Waals surface area contributed by atoms with Crippen LogP contribution in [0.4, 0.5) is 4.79 Å². The molecule has 118 valence electrons. The van der Waals surface area contributed by atoms with Crippen LogP contribution in [0.15, 0.2) is 0 Å². The van der Waals surface area contributed by atoms with Crippen LogP contribution >= 0.6 is 0 Å². The second-order valence-electron chi connectivity index (χ2n) is 5.76. The molecule has 2 amide bonds. The molecule has 0 aromatic rings. The summed E-state index contributed by atoms with van der Waals surface area (Å²) in [6, 6.07) is -0.241. The minimum atomic E-state index is -0.549. The van der Waals surface area contributed by atoms with Crippen LogP contribution in [-0.4, -0.2) is 42.9 Å². The lowest BCUT2D eigenvalue weighted by atomic mass is 10.1. The number of amides is 2. The Bertz CT molecular complexity index is 313. The highest BCUT2D eigenvalue weighted by Crippen LogP contribution is 2.10. The van der Waals surface area contributed by atoms with Crippen LogP contribution in [0, 0.1) is 0 Å². The highest BCUT2D eigenvalue weighted by atomic mass is 16.7. The molecular weight excluding hydrogens is 260 g/mol. The molecule has 0 unspecified atom stereocenters. The first-order valence-corrected chi connectivity index (χ1v) is 6.99. The summed E-state index contributed by atoms with van der Waals surface area (Å²) < 4.78 is 5.21. The quantitative estimate of drug-likeness (QED) is 0.731. The standard InChI is InChI=1S/C14H28N2O4/c1-7-8-9-11(10-12(17)16(5)19-6)15-13(18)20-14(2,3)4/h11H,7-10H2,1-6H3,(H,15,18)/t11-/m0/s1. The van der Waals surface area contributed by atoms with Gasteiger partial charge in [0.05, 0.1) is 7.11 Å². The fraction of sp³-hybridized carbons (Fsp3) is 0.857. The second kappa shape index (κ2) is 8.79. The maximum Gasteiger partial charge on any atom is 0.407 e. The minimum absolute atomic E-state index is 0.176. The van der Waals surface area contributed by atoms with Crippen LogP contribution < -0.4 is 5.32 Å². The molecule has 0 bridgehead atoms. The average molecular weight is 288 g/mol. The van der Waals surface area contributed by atoms with Crippen LogP contribution in [0.2, 0.25) is 0 Å². The first-order valence-electron chi connectivity index (χ1n) is 6.99. The summed E-state index contributed by atoms with van der Waals surface area (Å²) in [7, 11) is 2.98. The van der Waals surface area contributed by atoms with E-state index >= 15 is 0 Å². The Labute approximate surface area is 121 Å². The van der Waals surface area contributed by atoms with Gasteiger partial charge in [0.2, 0.25) is 5.91 Å². The number of hydrogen-bond acceptors (Lipinski definition) is 4. The van der Waals surface area contributed by atoms with Gasteiger partial charge < -0.3 is 10.1 Å². The van der Waals surface area contributed by atoms with Crippen molar-refractivity contribution < 1.29 is 19.2 Å². The molecule has 0 rings (SSSR count). The Morgan fingerprint density at radius 3 is 2.35 bits per heavy atom. The number of hydroxylamine groups is 2. The fourth-order valence-corrected chi connectivity index (χ4v) is 1.59. The minimum Gasteiger partial charge on any atom is -0.444 e. The third kappa shape index (κ3) is 8.74. The van der Waals surface area contributed by atoms with Crippen LogP contribution in [0.3, 0.4) is 0 Å². The molecule has 20 heavy (non-hydrogen) atoms. The predicted octanol–water partition coefficient (Wildman–Crippen LogP) is 2.48. The maximum absolute atomic E-state index is 11.8. The third-order valence-electron chi connectivity index (χ3n) is 2.67. The van der Waals surface area contributed by atoms with E-state index in [1.54, 1.807) is 27.8 Å². The van der Waals surface area contributed by atoms with Crippen molar-refractivity contribution in [2.75, 3.05) is 14.2 Å². The van der Waals surface area contributed by atoms with Crippen molar-refractivity contribution in [2.45, 2.75) is 65.0 Å². The smallest absolute Gasteiger partial charge is 0.407 e. The van der Waals surface area contributed by atoms with Crippen molar-refractivity contribution >= 4 is 12.0 Å². The largest absolute Gasteiger partial charge is 0.444 e. The molecule has 0 aromatic carbocycles. The maximum atomic E-state index is 11.8. The Kier molecular flexibility index (Phi) is 8.22. The molecule has 0 aromatic heterocycles. The molecule has 6 nitrogen and oxygen atoms in total. The van der Waals surface area contributed by atoms with Gasteiger partial charge in [0.15, 0.2) is 0 Å². The summed E-state index contributed by atoms with van der Waals surface area (Å²) in [5, 5.41) is 3.92. The number of nitrogens with zero attached hydrogens (tertiary/aromatic N) is 1. The van der Waals surface area contributed by atoms with Gasteiger partial charge in [0.1, 0.15) is 5.60 Å². The normalized spacial score (nSPS) is 12.7. The van der Waals surface area contributed by atoms with Gasteiger partial charge in [-0.05, 0) is 27.2 Å². The number of unbranched alkanes of at least 4 members (excludes halogenated alkanes) is 1. The van der Waals surface area contributed by atoms with E-state index < -0.39 is 11.7 Å². The van der Waals surface area contributed by atoms with Gasteiger partial charge in [-0.2, -0.15) is 0 Å². The van der Waals surface area contributed by atoms with E-state index in [1.807, 2.05) is 0 Å². The summed E-state index contributed by atoms with van der Waals surface area (Å²) in [5.74, 6) is -0.176. The number of nitrogens with one attached hydrogen (secondary N) is 1. The lowest BCUT2D eigenvalue weighted by Gasteiger charge is -2.24. The lowest BCUT2D eigenvalue weighted by Crippen LogP contribution is -2.42. The Morgan fingerprint density at radius 2 is 1.90 bits per heavy atom. The number of hydrogen-bond donors (Lipinski definition) is 1. The fourth-order valence-electron chi connectivity index (χ4n) is 1.59. The van der Waals surface area contributed by atoms with Gasteiger partial charge in [0, 0.05) is 19.5 Å². The number of ether oxygens (including phenoxy) is 1. The van der Waals surface area contributed by atoms with Crippen molar-refractivity contribution in [3.8, 4) is 0 Å². The first kappa shape index (κ1) is 18.7. The zero-order valence-corrected chi connectivity index (χ0v) is 13.5. The second-order valence-corrected chi connectivity index (χ2v) is 5.76. The molecular formula is C14H28N2O4. The Balaban J connectivity index is 4.48. The Hall–Kier alpha value is -1.30. The molecule has 0 aliphatic carbocycles. The van der Waals surface area contributed by atoms with E-state index in [0.717, 1.165) is 24.3 Å². The zero-order chi connectivity index (χ0) is 15.8. The van der Waals surface area contributed by atoms with Crippen LogP contribution in [0.25, 0.3) is 0 Å². The molecule has 0 saturated carbocycles. The van der Waals surface area contributed by atoms with E-state index in [1.165, 1.54) is 7.11 Å². The topological polar surface area (TPSA) is 67.9 Å². The summed E-state index contributed by atoms with van der Waals surface area (Å²) in [5.41, 5.74) is -0.549. The number of alkyl carbamates (subject to hydrolysis) is 1. The van der Waals surface area contributed by atoms with E-state index in [4.69, 9.17) is 9.57 Å². The SMILES string of the molecule is CCCC[C@@H](CC(=O)N(C)OC)NC(=O)OC(C)(C)C. The molecule has 0 aliphatic heterocycles. The van der Waals surface area contributed by atoms with Crippen molar-refractivity contribution in [2.24, 2.45) is 0 Å². The molecule has 6 heteroatoms. The van der Waals surface area contributed by atoms with Crippen LogP contribution in [0.5, 0.6) is 0 Å². The number of carbonyl (C=O) groups excluding carboxylic acids is 2. The first-order chi connectivity index (χ1) is 9.19. The summed E-state index contributed by atoms with van der Waals surface area (Å²) in [4.78, 5) is 28.4. The average Bonchev–Trinajstić information content (AvgIpc) is 2.32. The Morgan fingerprint density at radius 1 is 1.30 bits per heavy atom. The van der Waals surface area contributed by atoms with Gasteiger partial charge in [-0.15, -0.1) is 0 Å². The van der Waals surface area contributed by atoms with Gasteiger partial charge >= 0.3 is 6.09 Å². The van der Waals surface area contributed by atoms with Gasteiger partial charge in [-0.1, -0.05) is 19.8 Å². The molecule has 0 saturated heterocycles. The van der Waals surface area contributed by atoms with E-state index in [9.17, 15) is 9.59 Å². The monoisotopic (exact) mass is 288 g/mol. The lowest BCUT2D eigenvalue weighted by molar-refractivity contribution is -0.169. The van der Waals surface area contributed by atoms with Gasteiger partial charge in [-0.25, -0.2) is 9.86 Å². The molecule has 0 aliphatic rings. The molecule has 1 N–H and O–H groups in total. The highest BCUT2D eigenvalue weighted by Gasteiger charge is 2.22. The van der Waals surface area contributed by atoms with Crippen molar-refractivity contribution in [1.29, 1.82) is 0 Å². The summed E-state index contributed by atoms with van der Waals surface area (Å²) in [6.45, 7) is 7.47. The van der Waals surface area contributed by atoms with Crippen molar-refractivity contribution in [3.05, 3.63) is 0 Å². The van der Waals surface area contributed by atoms with E-state index in [0.29, 0.717) is 0 Å². The van der Waals surface area contributed by atoms with Crippen molar-refractivity contribution in [3.63, 3.8) is 0 Å². The van der Waals surface area contributed by atoms with Crippen molar-refractivity contribution in [1.82, 2.24) is 10.4 Å². The van der Waals surface area contributed by atoms with Gasteiger partial charge in [-0.3, -0.25) is 9.63 Å². The zero-order valence-electron chi connectivity index (χ0n) is 13.5. The molecule has 0 radical (unpaired) electrons. The number of carbonyl (C=O) groups is 2. The van der Waals surface area contributed by atoms with Gasteiger partial charge in [0.25, 0.3) is 0 Å². The molecule has 0 fully saturated rings. The van der Waals surface area contributed by atoms with E-state index in [-0.39, 0.29) is 18.4 Å². The highest BCUT2D eigenvalue weighted by molar-refractivity contribution is 5.76. The summed E-state index contributed by atoms with van der Waals surface area (Å²) in [6.07, 6.45) is 2.37.